The number of amidine groups is 1. The first-order chi connectivity index (χ1) is 6.63. The predicted octanol–water partition coefficient (Wildman–Crippen LogP) is 1.95. The van der Waals surface area contributed by atoms with Crippen LogP contribution in [-0.4, -0.2) is 11.9 Å². The molecule has 1 aromatic rings. The molecule has 1 atom stereocenters. The summed E-state index contributed by atoms with van der Waals surface area (Å²) in [6, 6.07) is 7.84. The van der Waals surface area contributed by atoms with E-state index in [4.69, 9.17) is 15.9 Å². The van der Waals surface area contributed by atoms with Gasteiger partial charge in [-0.2, -0.15) is 0 Å². The van der Waals surface area contributed by atoms with E-state index < -0.39 is 0 Å². The van der Waals surface area contributed by atoms with Gasteiger partial charge in [0.15, 0.2) is 6.10 Å². The topological polar surface area (TPSA) is 59.1 Å². The summed E-state index contributed by atoms with van der Waals surface area (Å²) in [5.41, 5.74) is 6.53. The van der Waals surface area contributed by atoms with Gasteiger partial charge in [0.25, 0.3) is 0 Å². The van der Waals surface area contributed by atoms with E-state index in [9.17, 15) is 0 Å². The maximum absolute atomic E-state index is 7.20. The monoisotopic (exact) mass is 192 g/mol. The Labute approximate surface area is 84.4 Å². The van der Waals surface area contributed by atoms with Gasteiger partial charge in [0.05, 0.1) is 0 Å². The van der Waals surface area contributed by atoms with Crippen molar-refractivity contribution in [3.05, 3.63) is 29.8 Å². The molecular weight excluding hydrogens is 176 g/mol. The molecule has 0 aromatic heterocycles. The minimum atomic E-state index is -0.359. The van der Waals surface area contributed by atoms with Gasteiger partial charge >= 0.3 is 0 Å². The molecule has 0 saturated carbocycles. The van der Waals surface area contributed by atoms with Gasteiger partial charge in [-0.25, -0.2) is 0 Å². The number of hydrogen-bond donors (Lipinski definition) is 2. The van der Waals surface area contributed by atoms with Gasteiger partial charge < -0.3 is 10.5 Å². The SMILES string of the molecule is CCc1cccc(OC(C)C(=N)N)c1. The molecule has 1 aromatic carbocycles. The van der Waals surface area contributed by atoms with Crippen LogP contribution in [0.1, 0.15) is 19.4 Å². The van der Waals surface area contributed by atoms with Crippen molar-refractivity contribution >= 4 is 5.84 Å². The van der Waals surface area contributed by atoms with Crippen molar-refractivity contribution in [2.75, 3.05) is 0 Å². The van der Waals surface area contributed by atoms with Gasteiger partial charge in [-0.15, -0.1) is 0 Å². The predicted molar refractivity (Wildman–Crippen MR) is 57.8 cm³/mol. The van der Waals surface area contributed by atoms with Crippen LogP contribution >= 0.6 is 0 Å². The normalized spacial score (nSPS) is 12.1. The largest absolute Gasteiger partial charge is 0.483 e. The molecule has 0 spiro atoms. The van der Waals surface area contributed by atoms with Crippen LogP contribution in [-0.2, 0) is 6.42 Å². The molecular formula is C11H16N2O. The highest BCUT2D eigenvalue weighted by Gasteiger charge is 2.06. The van der Waals surface area contributed by atoms with E-state index in [1.165, 1.54) is 5.56 Å². The third-order valence-electron chi connectivity index (χ3n) is 2.06. The van der Waals surface area contributed by atoms with Crippen molar-refractivity contribution in [1.29, 1.82) is 5.41 Å². The van der Waals surface area contributed by atoms with E-state index in [0.29, 0.717) is 0 Å². The Hall–Kier alpha value is -1.51. The van der Waals surface area contributed by atoms with Gasteiger partial charge in [0.2, 0.25) is 0 Å². The van der Waals surface area contributed by atoms with Crippen molar-refractivity contribution in [1.82, 2.24) is 0 Å². The van der Waals surface area contributed by atoms with Crippen molar-refractivity contribution in [3.63, 3.8) is 0 Å². The first-order valence-electron chi connectivity index (χ1n) is 4.73. The standard InChI is InChI=1S/C11H16N2O/c1-3-9-5-4-6-10(7-9)14-8(2)11(12)13/h4-8H,3H2,1-2H3,(H3,12,13). The zero-order valence-corrected chi connectivity index (χ0v) is 8.58. The lowest BCUT2D eigenvalue weighted by molar-refractivity contribution is 0.284. The first kappa shape index (κ1) is 10.6. The average molecular weight is 192 g/mol. The zero-order chi connectivity index (χ0) is 10.6. The van der Waals surface area contributed by atoms with Crippen LogP contribution in [0, 0.1) is 5.41 Å². The van der Waals surface area contributed by atoms with Crippen molar-refractivity contribution in [2.45, 2.75) is 26.4 Å². The highest BCUT2D eigenvalue weighted by molar-refractivity contribution is 5.81. The summed E-state index contributed by atoms with van der Waals surface area (Å²) in [6.07, 6.45) is 0.619. The summed E-state index contributed by atoms with van der Waals surface area (Å²) in [4.78, 5) is 0. The highest BCUT2D eigenvalue weighted by Crippen LogP contribution is 2.15. The Bertz CT molecular complexity index is 323. The zero-order valence-electron chi connectivity index (χ0n) is 8.58. The van der Waals surface area contributed by atoms with E-state index in [1.807, 2.05) is 24.3 Å². The lowest BCUT2D eigenvalue weighted by Crippen LogP contribution is -2.29. The van der Waals surface area contributed by atoms with Crippen LogP contribution in [0.5, 0.6) is 5.75 Å². The summed E-state index contributed by atoms with van der Waals surface area (Å²) < 4.78 is 5.47. The molecule has 0 aliphatic carbocycles. The smallest absolute Gasteiger partial charge is 0.152 e. The molecule has 0 aliphatic rings. The molecule has 14 heavy (non-hydrogen) atoms. The molecule has 76 valence electrons. The number of rotatable bonds is 4. The van der Waals surface area contributed by atoms with Gasteiger partial charge in [-0.05, 0) is 31.0 Å². The molecule has 3 N–H and O–H groups in total. The number of nitrogens with one attached hydrogen (secondary N) is 1. The van der Waals surface area contributed by atoms with Crippen LogP contribution < -0.4 is 10.5 Å². The number of aryl methyl sites for hydroxylation is 1. The second-order valence-corrected chi connectivity index (χ2v) is 3.22. The van der Waals surface area contributed by atoms with Gasteiger partial charge in [0.1, 0.15) is 11.6 Å². The second-order valence-electron chi connectivity index (χ2n) is 3.22. The molecule has 3 heteroatoms. The fourth-order valence-electron chi connectivity index (χ4n) is 1.11. The fourth-order valence-corrected chi connectivity index (χ4v) is 1.11. The molecule has 0 aliphatic heterocycles. The van der Waals surface area contributed by atoms with Crippen LogP contribution in [0.3, 0.4) is 0 Å². The van der Waals surface area contributed by atoms with E-state index in [-0.39, 0.29) is 11.9 Å². The van der Waals surface area contributed by atoms with Crippen LogP contribution in [0.4, 0.5) is 0 Å². The number of hydrogen-bond acceptors (Lipinski definition) is 2. The minimum Gasteiger partial charge on any atom is -0.483 e. The second kappa shape index (κ2) is 4.65. The lowest BCUT2D eigenvalue weighted by atomic mass is 10.2. The molecule has 0 bridgehead atoms. The molecule has 0 fully saturated rings. The summed E-state index contributed by atoms with van der Waals surface area (Å²) in [5, 5.41) is 7.20. The summed E-state index contributed by atoms with van der Waals surface area (Å²) >= 11 is 0. The maximum atomic E-state index is 7.20. The van der Waals surface area contributed by atoms with Crippen LogP contribution in [0.25, 0.3) is 0 Å². The highest BCUT2D eigenvalue weighted by atomic mass is 16.5. The maximum Gasteiger partial charge on any atom is 0.152 e. The number of ether oxygens (including phenoxy) is 1. The third-order valence-corrected chi connectivity index (χ3v) is 2.06. The summed E-state index contributed by atoms with van der Waals surface area (Å²) in [6.45, 7) is 3.86. The Balaban J connectivity index is 2.71. The Morgan fingerprint density at radius 2 is 2.29 bits per heavy atom. The van der Waals surface area contributed by atoms with Crippen molar-refractivity contribution < 1.29 is 4.74 Å². The van der Waals surface area contributed by atoms with Crippen LogP contribution in [0.2, 0.25) is 0 Å². The van der Waals surface area contributed by atoms with Crippen LogP contribution in [0.15, 0.2) is 24.3 Å². The average Bonchev–Trinajstić information content (AvgIpc) is 2.18. The number of benzene rings is 1. The minimum absolute atomic E-state index is 0.0481. The van der Waals surface area contributed by atoms with Gasteiger partial charge in [-0.3, -0.25) is 5.41 Å². The fraction of sp³-hybridized carbons (Fsp3) is 0.364. The van der Waals surface area contributed by atoms with E-state index in [0.717, 1.165) is 12.2 Å². The Kier molecular flexibility index (Phi) is 3.51. The number of nitrogens with two attached hydrogens (primary N) is 1. The molecule has 3 nitrogen and oxygen atoms in total. The van der Waals surface area contributed by atoms with E-state index >= 15 is 0 Å². The molecule has 0 saturated heterocycles. The first-order valence-corrected chi connectivity index (χ1v) is 4.73. The molecule has 0 heterocycles. The molecule has 0 radical (unpaired) electrons. The van der Waals surface area contributed by atoms with E-state index in [1.54, 1.807) is 6.92 Å². The van der Waals surface area contributed by atoms with Crippen molar-refractivity contribution in [2.24, 2.45) is 5.73 Å². The molecule has 0 amide bonds. The lowest BCUT2D eigenvalue weighted by Gasteiger charge is -2.13. The third kappa shape index (κ3) is 2.76. The van der Waals surface area contributed by atoms with Gasteiger partial charge in [0, 0.05) is 0 Å². The summed E-state index contributed by atoms with van der Waals surface area (Å²) in [7, 11) is 0. The Morgan fingerprint density at radius 3 is 2.86 bits per heavy atom. The van der Waals surface area contributed by atoms with E-state index in [2.05, 4.69) is 6.92 Å². The quantitative estimate of drug-likeness (QED) is 0.566. The molecule has 1 unspecified atom stereocenters. The van der Waals surface area contributed by atoms with Crippen molar-refractivity contribution in [3.8, 4) is 5.75 Å². The molecule has 1 rings (SSSR count). The van der Waals surface area contributed by atoms with Gasteiger partial charge in [-0.1, -0.05) is 19.1 Å². The Morgan fingerprint density at radius 1 is 1.57 bits per heavy atom. The summed E-state index contributed by atoms with van der Waals surface area (Å²) in [5.74, 6) is 0.818.